The van der Waals surface area contributed by atoms with E-state index in [0.29, 0.717) is 5.92 Å². The van der Waals surface area contributed by atoms with Crippen LogP contribution in [0, 0.1) is 5.92 Å². The zero-order valence-electron chi connectivity index (χ0n) is 12.3. The number of nitrogens with zero attached hydrogens (tertiary/aromatic N) is 1. The first-order valence-corrected chi connectivity index (χ1v) is 7.53. The molecule has 1 heterocycles. The van der Waals surface area contributed by atoms with Crippen LogP contribution in [0.2, 0.25) is 0 Å². The predicted molar refractivity (Wildman–Crippen MR) is 83.2 cm³/mol. The van der Waals surface area contributed by atoms with Crippen molar-refractivity contribution < 1.29 is 9.63 Å². The van der Waals surface area contributed by atoms with Gasteiger partial charge in [0.2, 0.25) is 0 Å². The Bertz CT molecular complexity index is 672. The molecule has 1 aromatic carbocycles. The minimum atomic E-state index is -0.348. The largest absolute Gasteiger partial charge is 0.361 e. The first kappa shape index (κ1) is 13.9. The number of hydrogen-bond donors (Lipinski definition) is 1. The lowest BCUT2D eigenvalue weighted by Gasteiger charge is -2.23. The minimum Gasteiger partial charge on any atom is -0.361 e. The number of para-hydroxylation sites is 1. The Hall–Kier alpha value is -2.10. The first-order valence-electron chi connectivity index (χ1n) is 7.53. The van der Waals surface area contributed by atoms with Crippen LogP contribution in [0.15, 0.2) is 35.6 Å². The first-order chi connectivity index (χ1) is 10.2. The molecular weight excluding hydrogens is 264 g/mol. The normalized spacial score (nSPS) is 20.8. The summed E-state index contributed by atoms with van der Waals surface area (Å²) in [5.74, 6) is 0.0243. The molecular formula is C17H20N2O2. The lowest BCUT2D eigenvalue weighted by Crippen LogP contribution is -2.22. The summed E-state index contributed by atoms with van der Waals surface area (Å²) in [5, 5.41) is 5.35. The highest BCUT2D eigenvalue weighted by molar-refractivity contribution is 5.89. The second-order valence-electron chi connectivity index (χ2n) is 5.67. The van der Waals surface area contributed by atoms with E-state index in [4.69, 9.17) is 4.84 Å². The van der Waals surface area contributed by atoms with E-state index in [1.807, 2.05) is 6.07 Å². The SMILES string of the molecule is CC(=O)O/N=C1/CCCCC1Cc1c[nH]c2ccccc12. The summed E-state index contributed by atoms with van der Waals surface area (Å²) in [6.07, 6.45) is 7.42. The van der Waals surface area contributed by atoms with Crippen LogP contribution < -0.4 is 0 Å². The zero-order chi connectivity index (χ0) is 14.7. The van der Waals surface area contributed by atoms with Gasteiger partial charge in [0.15, 0.2) is 0 Å². The van der Waals surface area contributed by atoms with Crippen molar-refractivity contribution in [1.29, 1.82) is 0 Å². The Morgan fingerprint density at radius 3 is 3.10 bits per heavy atom. The average molecular weight is 284 g/mol. The Balaban J connectivity index is 1.81. The molecule has 0 spiro atoms. The summed E-state index contributed by atoms with van der Waals surface area (Å²) in [4.78, 5) is 19.1. The van der Waals surface area contributed by atoms with Gasteiger partial charge in [0.05, 0.1) is 5.71 Å². The number of aromatic amines is 1. The summed E-state index contributed by atoms with van der Waals surface area (Å²) in [5.41, 5.74) is 3.51. The van der Waals surface area contributed by atoms with Crippen LogP contribution >= 0.6 is 0 Å². The van der Waals surface area contributed by atoms with Crippen LogP contribution in [0.4, 0.5) is 0 Å². The predicted octanol–water partition coefficient (Wildman–Crippen LogP) is 3.82. The van der Waals surface area contributed by atoms with Crippen molar-refractivity contribution in [2.45, 2.75) is 39.0 Å². The third kappa shape index (κ3) is 3.15. The number of aromatic nitrogens is 1. The van der Waals surface area contributed by atoms with Crippen molar-refractivity contribution in [2.24, 2.45) is 11.1 Å². The molecule has 110 valence electrons. The van der Waals surface area contributed by atoms with Gasteiger partial charge in [-0.2, -0.15) is 0 Å². The fourth-order valence-electron chi connectivity index (χ4n) is 3.10. The van der Waals surface area contributed by atoms with Gasteiger partial charge in [-0.25, -0.2) is 4.79 Å². The zero-order valence-corrected chi connectivity index (χ0v) is 12.3. The molecule has 1 aliphatic carbocycles. The Labute approximate surface area is 124 Å². The van der Waals surface area contributed by atoms with Crippen molar-refractivity contribution in [3.05, 3.63) is 36.0 Å². The van der Waals surface area contributed by atoms with Crippen molar-refractivity contribution in [1.82, 2.24) is 4.98 Å². The molecule has 4 heteroatoms. The van der Waals surface area contributed by atoms with E-state index in [1.54, 1.807) is 0 Å². The van der Waals surface area contributed by atoms with Gasteiger partial charge in [-0.1, -0.05) is 29.8 Å². The molecule has 1 unspecified atom stereocenters. The quantitative estimate of drug-likeness (QED) is 0.688. The van der Waals surface area contributed by atoms with Crippen molar-refractivity contribution in [3.8, 4) is 0 Å². The van der Waals surface area contributed by atoms with E-state index in [9.17, 15) is 4.79 Å². The highest BCUT2D eigenvalue weighted by atomic mass is 16.7. The standard InChI is InChI=1S/C17H20N2O2/c1-12(20)21-19-16-8-4-2-6-13(16)10-14-11-18-17-9-5-3-7-15(14)17/h3,5,7,9,11,13,18H,2,4,6,8,10H2,1H3/b19-16-. The van der Waals surface area contributed by atoms with Crippen LogP contribution in [0.3, 0.4) is 0 Å². The lowest BCUT2D eigenvalue weighted by atomic mass is 9.83. The number of oxime groups is 1. The third-order valence-electron chi connectivity index (χ3n) is 4.14. The molecule has 3 rings (SSSR count). The summed E-state index contributed by atoms with van der Waals surface area (Å²) < 4.78 is 0. The molecule has 0 aliphatic heterocycles. The molecule has 2 aromatic rings. The number of H-pyrrole nitrogens is 1. The maximum Gasteiger partial charge on any atom is 0.331 e. The number of carbonyl (C=O) groups excluding carboxylic acids is 1. The molecule has 1 saturated carbocycles. The van der Waals surface area contributed by atoms with Crippen LogP contribution in [-0.4, -0.2) is 16.7 Å². The van der Waals surface area contributed by atoms with Crippen molar-refractivity contribution in [3.63, 3.8) is 0 Å². The highest BCUT2D eigenvalue weighted by Gasteiger charge is 2.22. The van der Waals surface area contributed by atoms with Gasteiger partial charge in [-0.05, 0) is 37.3 Å². The van der Waals surface area contributed by atoms with Gasteiger partial charge in [0.1, 0.15) is 0 Å². The van der Waals surface area contributed by atoms with Crippen LogP contribution in [0.25, 0.3) is 10.9 Å². The van der Waals surface area contributed by atoms with Gasteiger partial charge in [0.25, 0.3) is 0 Å². The number of hydrogen-bond acceptors (Lipinski definition) is 3. The molecule has 4 nitrogen and oxygen atoms in total. The number of fused-ring (bicyclic) bond motifs is 1. The van der Waals surface area contributed by atoms with Crippen molar-refractivity contribution >= 4 is 22.6 Å². The van der Waals surface area contributed by atoms with E-state index in [-0.39, 0.29) is 5.97 Å². The second-order valence-corrected chi connectivity index (χ2v) is 5.67. The molecule has 1 N–H and O–H groups in total. The monoisotopic (exact) mass is 284 g/mol. The van der Waals surface area contributed by atoms with Crippen LogP contribution in [0.1, 0.15) is 38.2 Å². The van der Waals surface area contributed by atoms with E-state index < -0.39 is 0 Å². The summed E-state index contributed by atoms with van der Waals surface area (Å²) in [6, 6.07) is 8.34. The minimum absolute atomic E-state index is 0.348. The second kappa shape index (κ2) is 6.12. The number of benzene rings is 1. The van der Waals surface area contributed by atoms with Gasteiger partial charge >= 0.3 is 5.97 Å². The number of carbonyl (C=O) groups is 1. The van der Waals surface area contributed by atoms with E-state index in [0.717, 1.165) is 31.4 Å². The van der Waals surface area contributed by atoms with E-state index in [2.05, 4.69) is 34.5 Å². The summed E-state index contributed by atoms with van der Waals surface area (Å²) in [6.45, 7) is 1.39. The molecule has 1 fully saturated rings. The van der Waals surface area contributed by atoms with Crippen LogP contribution in [0.5, 0.6) is 0 Å². The number of rotatable bonds is 3. The third-order valence-corrected chi connectivity index (χ3v) is 4.14. The van der Waals surface area contributed by atoms with E-state index in [1.165, 1.54) is 29.8 Å². The molecule has 0 amide bonds. The Morgan fingerprint density at radius 1 is 1.38 bits per heavy atom. The lowest BCUT2D eigenvalue weighted by molar-refractivity contribution is -0.141. The van der Waals surface area contributed by atoms with Gasteiger partial charge < -0.3 is 9.82 Å². The molecule has 1 aromatic heterocycles. The van der Waals surface area contributed by atoms with Gasteiger partial charge in [0, 0.05) is 29.9 Å². The number of nitrogens with one attached hydrogen (secondary N) is 1. The summed E-state index contributed by atoms with van der Waals surface area (Å²) in [7, 11) is 0. The highest BCUT2D eigenvalue weighted by Crippen LogP contribution is 2.28. The van der Waals surface area contributed by atoms with Crippen LogP contribution in [-0.2, 0) is 16.1 Å². The van der Waals surface area contributed by atoms with Crippen molar-refractivity contribution in [2.75, 3.05) is 0 Å². The molecule has 21 heavy (non-hydrogen) atoms. The molecule has 0 radical (unpaired) electrons. The topological polar surface area (TPSA) is 54.4 Å². The van der Waals surface area contributed by atoms with Gasteiger partial charge in [-0.15, -0.1) is 0 Å². The molecule has 1 aliphatic rings. The smallest absolute Gasteiger partial charge is 0.331 e. The molecule has 1 atom stereocenters. The Kier molecular flexibility index (Phi) is 4.04. The maximum atomic E-state index is 11.0. The van der Waals surface area contributed by atoms with Gasteiger partial charge in [-0.3, -0.25) is 0 Å². The molecule has 0 bridgehead atoms. The average Bonchev–Trinajstić information content (AvgIpc) is 2.90. The van der Waals surface area contributed by atoms with E-state index >= 15 is 0 Å². The fraction of sp³-hybridized carbons (Fsp3) is 0.412. The molecule has 0 saturated heterocycles. The summed E-state index contributed by atoms with van der Waals surface area (Å²) >= 11 is 0. The Morgan fingerprint density at radius 2 is 2.24 bits per heavy atom. The fourth-order valence-corrected chi connectivity index (χ4v) is 3.10. The maximum absolute atomic E-state index is 11.0.